The van der Waals surface area contributed by atoms with Crippen molar-refractivity contribution in [1.82, 2.24) is 14.9 Å². The number of guanidine groups is 1. The summed E-state index contributed by atoms with van der Waals surface area (Å²) in [4.78, 5) is 4.00. The van der Waals surface area contributed by atoms with Crippen LogP contribution in [0.3, 0.4) is 0 Å². The fraction of sp³-hybridized carbons (Fsp3) is 0.562. The topological polar surface area (TPSA) is 73.8 Å². The fourth-order valence-electron chi connectivity index (χ4n) is 2.13. The van der Waals surface area contributed by atoms with E-state index >= 15 is 0 Å². The standard InChI is InChI=1S/C16H25F3N4O2S/c1-4-26(24,25)23(3)10-6-9-21-15(20-2)22-12-13-7-5-8-14(11-13)16(17,18)19/h5,7-8,11H,4,6,9-10,12H2,1-3H3,(H2,20,21,22). The Morgan fingerprint density at radius 1 is 1.27 bits per heavy atom. The molecule has 6 nitrogen and oxygen atoms in total. The van der Waals surface area contributed by atoms with Crippen molar-refractivity contribution in [3.63, 3.8) is 0 Å². The molecule has 0 unspecified atom stereocenters. The van der Waals surface area contributed by atoms with Crippen molar-refractivity contribution in [2.45, 2.75) is 26.1 Å². The summed E-state index contributed by atoms with van der Waals surface area (Å²) in [6, 6.07) is 5.07. The molecule has 0 atom stereocenters. The fourth-order valence-corrected chi connectivity index (χ4v) is 2.98. The number of rotatable bonds is 8. The van der Waals surface area contributed by atoms with Crippen LogP contribution in [0.25, 0.3) is 0 Å². The lowest BCUT2D eigenvalue weighted by molar-refractivity contribution is -0.137. The molecule has 0 radical (unpaired) electrons. The van der Waals surface area contributed by atoms with Crippen LogP contribution in [0.5, 0.6) is 0 Å². The number of benzene rings is 1. The molecule has 0 fully saturated rings. The molecule has 0 saturated carbocycles. The van der Waals surface area contributed by atoms with E-state index in [-0.39, 0.29) is 12.3 Å². The van der Waals surface area contributed by atoms with Crippen molar-refractivity contribution in [3.8, 4) is 0 Å². The van der Waals surface area contributed by atoms with E-state index in [1.54, 1.807) is 20.0 Å². The van der Waals surface area contributed by atoms with E-state index in [1.165, 1.54) is 17.4 Å². The normalized spacial score (nSPS) is 13.1. The smallest absolute Gasteiger partial charge is 0.356 e. The van der Waals surface area contributed by atoms with E-state index in [2.05, 4.69) is 15.6 Å². The maximum absolute atomic E-state index is 12.7. The number of hydrogen-bond donors (Lipinski definition) is 2. The summed E-state index contributed by atoms with van der Waals surface area (Å²) >= 11 is 0. The molecule has 0 aliphatic heterocycles. The van der Waals surface area contributed by atoms with Crippen molar-refractivity contribution < 1.29 is 21.6 Å². The quantitative estimate of drug-likeness (QED) is 0.402. The molecule has 0 bridgehead atoms. The monoisotopic (exact) mass is 394 g/mol. The molecule has 148 valence electrons. The van der Waals surface area contributed by atoms with Crippen LogP contribution >= 0.6 is 0 Å². The lowest BCUT2D eigenvalue weighted by atomic mass is 10.1. The van der Waals surface area contributed by atoms with Gasteiger partial charge in [0.25, 0.3) is 0 Å². The van der Waals surface area contributed by atoms with Crippen LogP contribution in [0.15, 0.2) is 29.3 Å². The van der Waals surface area contributed by atoms with Gasteiger partial charge in [-0.05, 0) is 31.0 Å². The first-order valence-corrected chi connectivity index (χ1v) is 9.75. The molecule has 26 heavy (non-hydrogen) atoms. The molecule has 0 aromatic heterocycles. The average molecular weight is 394 g/mol. The highest BCUT2D eigenvalue weighted by atomic mass is 32.2. The van der Waals surface area contributed by atoms with E-state index in [9.17, 15) is 21.6 Å². The third kappa shape index (κ3) is 7.20. The van der Waals surface area contributed by atoms with Gasteiger partial charge in [0.2, 0.25) is 10.0 Å². The lowest BCUT2D eigenvalue weighted by Gasteiger charge is -2.17. The number of aliphatic imine (C=N–C) groups is 1. The van der Waals surface area contributed by atoms with E-state index in [0.717, 1.165) is 12.1 Å². The van der Waals surface area contributed by atoms with Crippen LogP contribution in [0.1, 0.15) is 24.5 Å². The second kappa shape index (κ2) is 9.77. The van der Waals surface area contributed by atoms with Crippen LogP contribution in [-0.2, 0) is 22.7 Å². The van der Waals surface area contributed by atoms with E-state index < -0.39 is 21.8 Å². The Bertz CT molecular complexity index is 706. The maximum Gasteiger partial charge on any atom is 0.416 e. The summed E-state index contributed by atoms with van der Waals surface area (Å²) in [5.74, 6) is 0.486. The largest absolute Gasteiger partial charge is 0.416 e. The zero-order valence-corrected chi connectivity index (χ0v) is 15.9. The minimum absolute atomic E-state index is 0.0527. The lowest BCUT2D eigenvalue weighted by Crippen LogP contribution is -2.38. The van der Waals surface area contributed by atoms with Crippen LogP contribution in [-0.4, -0.2) is 51.6 Å². The molecular weight excluding hydrogens is 369 g/mol. The Kier molecular flexibility index (Phi) is 8.35. The van der Waals surface area contributed by atoms with Gasteiger partial charge in [0.15, 0.2) is 5.96 Å². The summed E-state index contributed by atoms with van der Waals surface area (Å²) in [5.41, 5.74) is -0.212. The van der Waals surface area contributed by atoms with Gasteiger partial charge in [-0.1, -0.05) is 12.1 Å². The Hall–Kier alpha value is -1.81. The first-order valence-electron chi connectivity index (χ1n) is 8.14. The molecule has 0 saturated heterocycles. The second-order valence-corrected chi connectivity index (χ2v) is 7.99. The van der Waals surface area contributed by atoms with Crippen molar-refractivity contribution in [1.29, 1.82) is 0 Å². The van der Waals surface area contributed by atoms with Gasteiger partial charge in [-0.25, -0.2) is 12.7 Å². The molecule has 1 aromatic carbocycles. The Morgan fingerprint density at radius 3 is 2.54 bits per heavy atom. The summed E-state index contributed by atoms with van der Waals surface area (Å²) in [7, 11) is -0.121. The highest BCUT2D eigenvalue weighted by Crippen LogP contribution is 2.29. The van der Waals surface area contributed by atoms with Gasteiger partial charge in [0.05, 0.1) is 11.3 Å². The number of nitrogens with zero attached hydrogens (tertiary/aromatic N) is 2. The van der Waals surface area contributed by atoms with Gasteiger partial charge in [-0.2, -0.15) is 13.2 Å². The zero-order valence-electron chi connectivity index (χ0n) is 15.1. The van der Waals surface area contributed by atoms with Crippen LogP contribution < -0.4 is 10.6 Å². The van der Waals surface area contributed by atoms with Crippen molar-refractivity contribution >= 4 is 16.0 Å². The molecule has 10 heteroatoms. The molecule has 0 aliphatic carbocycles. The summed E-state index contributed by atoms with van der Waals surface area (Å²) in [5, 5.41) is 5.94. The number of sulfonamides is 1. The van der Waals surface area contributed by atoms with Gasteiger partial charge in [0, 0.05) is 33.7 Å². The number of halogens is 3. The van der Waals surface area contributed by atoms with Gasteiger partial charge in [-0.3, -0.25) is 4.99 Å². The summed E-state index contributed by atoms with van der Waals surface area (Å²) in [6.45, 7) is 2.62. The SMILES string of the molecule is CCS(=O)(=O)N(C)CCCNC(=NC)NCc1cccc(C(F)(F)F)c1. The van der Waals surface area contributed by atoms with E-state index in [1.807, 2.05) is 0 Å². The van der Waals surface area contributed by atoms with E-state index in [4.69, 9.17) is 0 Å². The van der Waals surface area contributed by atoms with Gasteiger partial charge < -0.3 is 10.6 Å². The molecule has 0 amide bonds. The van der Waals surface area contributed by atoms with Crippen LogP contribution in [0, 0.1) is 0 Å². The third-order valence-corrected chi connectivity index (χ3v) is 5.58. The zero-order chi connectivity index (χ0) is 19.8. The summed E-state index contributed by atoms with van der Waals surface area (Å²) < 4.78 is 62.7. The first kappa shape index (κ1) is 22.2. The number of nitrogens with one attached hydrogen (secondary N) is 2. The number of hydrogen-bond acceptors (Lipinski definition) is 3. The van der Waals surface area contributed by atoms with Crippen molar-refractivity contribution in [2.75, 3.05) is 32.9 Å². The van der Waals surface area contributed by atoms with Crippen LogP contribution in [0.4, 0.5) is 13.2 Å². The molecular formula is C16H25F3N4O2S. The van der Waals surface area contributed by atoms with Gasteiger partial charge in [0.1, 0.15) is 0 Å². The highest BCUT2D eigenvalue weighted by Gasteiger charge is 2.30. The molecule has 1 aromatic rings. The third-order valence-electron chi connectivity index (χ3n) is 3.72. The second-order valence-electron chi connectivity index (χ2n) is 5.63. The Labute approximate surface area is 152 Å². The predicted molar refractivity (Wildman–Crippen MR) is 96.4 cm³/mol. The first-order chi connectivity index (χ1) is 12.1. The average Bonchev–Trinajstić information content (AvgIpc) is 2.60. The molecule has 1 rings (SSSR count). The molecule has 0 heterocycles. The Balaban J connectivity index is 2.45. The van der Waals surface area contributed by atoms with Gasteiger partial charge >= 0.3 is 6.18 Å². The molecule has 0 aliphatic rings. The van der Waals surface area contributed by atoms with Gasteiger partial charge in [-0.15, -0.1) is 0 Å². The van der Waals surface area contributed by atoms with Crippen molar-refractivity contribution in [3.05, 3.63) is 35.4 Å². The molecule has 2 N–H and O–H groups in total. The minimum atomic E-state index is -4.37. The Morgan fingerprint density at radius 2 is 1.96 bits per heavy atom. The predicted octanol–water partition coefficient (Wildman–Crippen LogP) is 2.04. The van der Waals surface area contributed by atoms with Crippen molar-refractivity contribution in [2.24, 2.45) is 4.99 Å². The maximum atomic E-state index is 12.7. The highest BCUT2D eigenvalue weighted by molar-refractivity contribution is 7.89. The molecule has 0 spiro atoms. The van der Waals surface area contributed by atoms with Crippen LogP contribution in [0.2, 0.25) is 0 Å². The summed E-state index contributed by atoms with van der Waals surface area (Å²) in [6.07, 6.45) is -3.80. The number of alkyl halides is 3. The van der Waals surface area contributed by atoms with E-state index in [0.29, 0.717) is 31.0 Å². The minimum Gasteiger partial charge on any atom is -0.356 e.